The Morgan fingerprint density at radius 3 is 2.63 bits per heavy atom. The van der Waals surface area contributed by atoms with Crippen molar-refractivity contribution in [3.05, 3.63) is 87.4 Å². The van der Waals surface area contributed by atoms with Crippen molar-refractivity contribution in [1.82, 2.24) is 15.2 Å². The van der Waals surface area contributed by atoms with Crippen molar-refractivity contribution in [3.8, 4) is 0 Å². The van der Waals surface area contributed by atoms with Crippen molar-refractivity contribution in [2.75, 3.05) is 0 Å². The van der Waals surface area contributed by atoms with E-state index in [1.165, 1.54) is 24.3 Å². The lowest BCUT2D eigenvalue weighted by atomic mass is 10.2. The summed E-state index contributed by atoms with van der Waals surface area (Å²) in [6.45, 7) is 4.35. The molecule has 0 fully saturated rings. The van der Waals surface area contributed by atoms with Crippen LogP contribution in [0.2, 0.25) is 5.02 Å². The normalized spacial score (nSPS) is 11.1. The molecule has 1 aromatic heterocycles. The zero-order valence-electron chi connectivity index (χ0n) is 14.9. The van der Waals surface area contributed by atoms with Gasteiger partial charge in [-0.25, -0.2) is 9.82 Å². The van der Waals surface area contributed by atoms with E-state index in [1.807, 2.05) is 42.8 Å². The zero-order valence-corrected chi connectivity index (χ0v) is 15.7. The molecule has 138 valence electrons. The van der Waals surface area contributed by atoms with E-state index >= 15 is 0 Å². The molecule has 0 saturated carbocycles. The molecule has 0 aliphatic heterocycles. The van der Waals surface area contributed by atoms with Crippen LogP contribution < -0.4 is 5.43 Å². The molecular weight excluding hydrogens is 367 g/mol. The molecule has 0 radical (unpaired) electrons. The number of nitrogens with one attached hydrogen (secondary N) is 1. The predicted molar refractivity (Wildman–Crippen MR) is 104 cm³/mol. The molecule has 0 atom stereocenters. The maximum Gasteiger partial charge on any atom is 0.271 e. The van der Waals surface area contributed by atoms with Gasteiger partial charge in [0, 0.05) is 21.8 Å². The molecule has 3 aromatic rings. The molecule has 2 aromatic carbocycles. The fraction of sp³-hybridized carbons (Fsp3) is 0.150. The largest absolute Gasteiger partial charge is 0.271 e. The topological polar surface area (TPSA) is 59.3 Å². The summed E-state index contributed by atoms with van der Waals surface area (Å²) in [4.78, 5) is 12.0. The van der Waals surface area contributed by atoms with Crippen LogP contribution in [0.5, 0.6) is 0 Å². The minimum Gasteiger partial charge on any atom is -0.267 e. The minimum atomic E-state index is -0.412. The average molecular weight is 385 g/mol. The molecule has 1 heterocycles. The van der Waals surface area contributed by atoms with Crippen LogP contribution in [0, 0.1) is 19.7 Å². The van der Waals surface area contributed by atoms with E-state index in [1.54, 1.807) is 6.21 Å². The average Bonchev–Trinajstić information content (AvgIpc) is 2.91. The van der Waals surface area contributed by atoms with E-state index in [0.717, 1.165) is 22.5 Å². The molecule has 27 heavy (non-hydrogen) atoms. The van der Waals surface area contributed by atoms with Gasteiger partial charge in [0.05, 0.1) is 18.5 Å². The Morgan fingerprint density at radius 2 is 1.93 bits per heavy atom. The SMILES string of the molecule is Cc1nn(Cc2ccccc2Cl)c(C)c1/C=N/NC(=O)c1ccc(F)cc1. The van der Waals surface area contributed by atoms with Crippen LogP contribution in [-0.2, 0) is 6.54 Å². The lowest BCUT2D eigenvalue weighted by Gasteiger charge is -2.06. The molecule has 3 rings (SSSR count). The Balaban J connectivity index is 1.72. The Hall–Kier alpha value is -2.99. The number of hydrogen-bond donors (Lipinski definition) is 1. The molecule has 5 nitrogen and oxygen atoms in total. The highest BCUT2D eigenvalue weighted by atomic mass is 35.5. The summed E-state index contributed by atoms with van der Waals surface area (Å²) in [5.74, 6) is -0.808. The number of hydrogen-bond acceptors (Lipinski definition) is 3. The summed E-state index contributed by atoms with van der Waals surface area (Å²) in [5, 5.41) is 9.21. The summed E-state index contributed by atoms with van der Waals surface area (Å²) in [5.41, 5.74) is 6.26. The monoisotopic (exact) mass is 384 g/mol. The van der Waals surface area contributed by atoms with Crippen molar-refractivity contribution in [2.45, 2.75) is 20.4 Å². The highest BCUT2D eigenvalue weighted by molar-refractivity contribution is 6.31. The lowest BCUT2D eigenvalue weighted by Crippen LogP contribution is -2.17. The number of hydrazone groups is 1. The van der Waals surface area contributed by atoms with Gasteiger partial charge in [-0.15, -0.1) is 0 Å². The first-order chi connectivity index (χ1) is 13.0. The van der Waals surface area contributed by atoms with Gasteiger partial charge in [-0.2, -0.15) is 10.2 Å². The van der Waals surface area contributed by atoms with E-state index in [2.05, 4.69) is 15.6 Å². The minimum absolute atomic E-state index is 0.330. The van der Waals surface area contributed by atoms with Crippen LogP contribution in [0.1, 0.15) is 32.9 Å². The van der Waals surface area contributed by atoms with E-state index < -0.39 is 11.7 Å². The molecule has 0 saturated heterocycles. The van der Waals surface area contributed by atoms with Crippen LogP contribution in [0.4, 0.5) is 4.39 Å². The number of carbonyl (C=O) groups excluding carboxylic acids is 1. The van der Waals surface area contributed by atoms with Crippen LogP contribution in [0.3, 0.4) is 0 Å². The molecule has 1 amide bonds. The van der Waals surface area contributed by atoms with Crippen LogP contribution in [0.15, 0.2) is 53.6 Å². The number of rotatable bonds is 5. The van der Waals surface area contributed by atoms with Gasteiger partial charge in [-0.05, 0) is 49.7 Å². The van der Waals surface area contributed by atoms with Crippen molar-refractivity contribution < 1.29 is 9.18 Å². The third kappa shape index (κ3) is 4.41. The molecule has 0 aliphatic rings. The summed E-state index contributed by atoms with van der Waals surface area (Å²) >= 11 is 6.22. The second-order valence-electron chi connectivity index (χ2n) is 6.04. The van der Waals surface area contributed by atoms with Crippen molar-refractivity contribution in [1.29, 1.82) is 0 Å². The number of nitrogens with zero attached hydrogens (tertiary/aromatic N) is 3. The van der Waals surface area contributed by atoms with E-state index in [0.29, 0.717) is 17.1 Å². The molecule has 0 aliphatic carbocycles. The van der Waals surface area contributed by atoms with Gasteiger partial charge in [-0.3, -0.25) is 9.48 Å². The summed E-state index contributed by atoms with van der Waals surface area (Å²) < 4.78 is 14.8. The first-order valence-corrected chi connectivity index (χ1v) is 8.70. The van der Waals surface area contributed by atoms with Crippen molar-refractivity contribution in [3.63, 3.8) is 0 Å². The summed E-state index contributed by atoms with van der Waals surface area (Å²) in [7, 11) is 0. The predicted octanol–water partition coefficient (Wildman–Crippen LogP) is 4.10. The fourth-order valence-electron chi connectivity index (χ4n) is 2.66. The van der Waals surface area contributed by atoms with Gasteiger partial charge in [0.1, 0.15) is 5.82 Å². The van der Waals surface area contributed by atoms with Gasteiger partial charge in [0.15, 0.2) is 0 Å². The van der Waals surface area contributed by atoms with Crippen LogP contribution in [0.25, 0.3) is 0 Å². The van der Waals surface area contributed by atoms with Crippen LogP contribution in [-0.4, -0.2) is 21.9 Å². The third-order valence-electron chi connectivity index (χ3n) is 4.18. The fourth-order valence-corrected chi connectivity index (χ4v) is 2.86. The number of benzene rings is 2. The van der Waals surface area contributed by atoms with Gasteiger partial charge in [0.2, 0.25) is 0 Å². The van der Waals surface area contributed by atoms with Crippen LogP contribution >= 0.6 is 11.6 Å². The van der Waals surface area contributed by atoms with E-state index in [4.69, 9.17) is 11.6 Å². The zero-order chi connectivity index (χ0) is 19.4. The number of amides is 1. The van der Waals surface area contributed by atoms with Gasteiger partial charge < -0.3 is 0 Å². The highest BCUT2D eigenvalue weighted by Crippen LogP contribution is 2.18. The Kier molecular flexibility index (Phi) is 5.66. The Bertz CT molecular complexity index is 996. The molecule has 7 heteroatoms. The summed E-state index contributed by atoms with van der Waals surface area (Å²) in [6, 6.07) is 12.9. The first kappa shape index (κ1) is 18.8. The quantitative estimate of drug-likeness (QED) is 0.531. The smallest absolute Gasteiger partial charge is 0.267 e. The van der Waals surface area contributed by atoms with Gasteiger partial charge >= 0.3 is 0 Å². The molecule has 1 N–H and O–H groups in total. The standard InChI is InChI=1S/C20H18ClFN4O/c1-13-18(11-23-24-20(27)15-7-9-17(22)10-8-15)14(2)26(25-13)12-16-5-3-4-6-19(16)21/h3-11H,12H2,1-2H3,(H,24,27)/b23-11+. The van der Waals surface area contributed by atoms with E-state index in [9.17, 15) is 9.18 Å². The second kappa shape index (κ2) is 8.14. The van der Waals surface area contributed by atoms with E-state index in [-0.39, 0.29) is 0 Å². The number of aryl methyl sites for hydroxylation is 1. The Labute approximate surface area is 161 Å². The maximum atomic E-state index is 12.9. The number of aromatic nitrogens is 2. The lowest BCUT2D eigenvalue weighted by molar-refractivity contribution is 0.0955. The summed E-state index contributed by atoms with van der Waals surface area (Å²) in [6.07, 6.45) is 1.56. The van der Waals surface area contributed by atoms with Crippen molar-refractivity contribution >= 4 is 23.7 Å². The maximum absolute atomic E-state index is 12.9. The molecule has 0 unspecified atom stereocenters. The second-order valence-corrected chi connectivity index (χ2v) is 6.45. The number of halogens is 2. The highest BCUT2D eigenvalue weighted by Gasteiger charge is 2.11. The van der Waals surface area contributed by atoms with Gasteiger partial charge in [0.25, 0.3) is 5.91 Å². The molecule has 0 bridgehead atoms. The van der Waals surface area contributed by atoms with Crippen molar-refractivity contribution in [2.24, 2.45) is 5.10 Å². The third-order valence-corrected chi connectivity index (χ3v) is 4.55. The number of carbonyl (C=O) groups is 1. The Morgan fingerprint density at radius 1 is 1.22 bits per heavy atom. The van der Waals surface area contributed by atoms with Gasteiger partial charge in [-0.1, -0.05) is 29.8 Å². The first-order valence-electron chi connectivity index (χ1n) is 8.32. The molecular formula is C20H18ClFN4O. The molecule has 0 spiro atoms.